The molecule has 0 atom stereocenters. The van der Waals surface area contributed by atoms with E-state index in [1.807, 2.05) is 24.3 Å². The Kier molecular flexibility index (Phi) is 1.95. The number of carbonyl (C=O) groups excluding carboxylic acids is 1. The fourth-order valence-electron chi connectivity index (χ4n) is 1.92. The van der Waals surface area contributed by atoms with Crippen LogP contribution >= 0.6 is 0 Å². The molecule has 82 valence electrons. The number of amides is 1. The molecule has 3 rings (SSSR count). The zero-order valence-electron chi connectivity index (χ0n) is 8.82. The van der Waals surface area contributed by atoms with Gasteiger partial charge in [-0.1, -0.05) is 6.07 Å². The molecule has 17 heavy (non-hydrogen) atoms. The molecule has 0 bridgehead atoms. The van der Waals surface area contributed by atoms with Crippen molar-refractivity contribution in [3.63, 3.8) is 0 Å². The number of hydrogen-bond donors (Lipinski definition) is 2. The van der Waals surface area contributed by atoms with Crippen molar-refractivity contribution in [1.29, 1.82) is 5.26 Å². The highest BCUT2D eigenvalue weighted by atomic mass is 16.1. The number of aromatic amines is 1. The molecule has 0 spiro atoms. The number of hydrogen-bond acceptors (Lipinski definition) is 3. The van der Waals surface area contributed by atoms with Crippen molar-refractivity contribution >= 4 is 11.6 Å². The first-order valence-electron chi connectivity index (χ1n) is 5.14. The van der Waals surface area contributed by atoms with Gasteiger partial charge in [-0.05, 0) is 17.7 Å². The van der Waals surface area contributed by atoms with Crippen LogP contribution in [0.3, 0.4) is 0 Å². The number of benzene rings is 1. The first-order valence-corrected chi connectivity index (χ1v) is 5.14. The number of rotatable bonds is 1. The van der Waals surface area contributed by atoms with Crippen molar-refractivity contribution in [2.75, 3.05) is 5.32 Å². The highest BCUT2D eigenvalue weighted by Crippen LogP contribution is 2.28. The van der Waals surface area contributed by atoms with Crippen LogP contribution in [0.4, 0.5) is 5.69 Å². The maximum atomic E-state index is 11.2. The summed E-state index contributed by atoms with van der Waals surface area (Å²) in [5.41, 5.74) is 3.54. The molecular formula is C12H8N4O. The van der Waals surface area contributed by atoms with Gasteiger partial charge in [0.05, 0.1) is 18.3 Å². The summed E-state index contributed by atoms with van der Waals surface area (Å²) >= 11 is 0. The van der Waals surface area contributed by atoms with Crippen LogP contribution in [-0.2, 0) is 11.2 Å². The number of nitrogens with one attached hydrogen (secondary N) is 2. The number of anilines is 1. The van der Waals surface area contributed by atoms with E-state index in [0.717, 1.165) is 22.5 Å². The van der Waals surface area contributed by atoms with E-state index < -0.39 is 0 Å². The predicted octanol–water partition coefficient (Wildman–Crippen LogP) is 1.44. The summed E-state index contributed by atoms with van der Waals surface area (Å²) in [6.07, 6.45) is 2.02. The molecule has 0 radical (unpaired) electrons. The molecule has 5 nitrogen and oxygen atoms in total. The molecule has 1 aromatic carbocycles. The fourth-order valence-corrected chi connectivity index (χ4v) is 1.92. The van der Waals surface area contributed by atoms with Crippen LogP contribution in [-0.4, -0.2) is 15.9 Å². The summed E-state index contributed by atoms with van der Waals surface area (Å²) < 4.78 is 0. The van der Waals surface area contributed by atoms with Crippen molar-refractivity contribution in [2.45, 2.75) is 6.42 Å². The van der Waals surface area contributed by atoms with Gasteiger partial charge in [0.1, 0.15) is 6.07 Å². The van der Waals surface area contributed by atoms with Crippen LogP contribution in [0.25, 0.3) is 11.3 Å². The Morgan fingerprint density at radius 1 is 1.41 bits per heavy atom. The smallest absolute Gasteiger partial charge is 0.228 e. The third kappa shape index (κ3) is 1.56. The molecule has 1 aromatic heterocycles. The first-order chi connectivity index (χ1) is 8.26. The predicted molar refractivity (Wildman–Crippen MR) is 61.1 cm³/mol. The third-order valence-electron chi connectivity index (χ3n) is 2.72. The standard InChI is InChI=1S/C12H8N4O/c13-5-11-14-6-10(15-11)7-1-2-9-8(3-7)4-12(17)16-9/h1-3,6H,4H2,(H,14,15)(H,16,17). The van der Waals surface area contributed by atoms with E-state index >= 15 is 0 Å². The van der Waals surface area contributed by atoms with Crippen molar-refractivity contribution in [2.24, 2.45) is 0 Å². The summed E-state index contributed by atoms with van der Waals surface area (Å²) in [4.78, 5) is 18.0. The molecule has 5 heteroatoms. The Morgan fingerprint density at radius 3 is 3.06 bits per heavy atom. The first kappa shape index (κ1) is 9.60. The Bertz CT molecular complexity index is 651. The largest absolute Gasteiger partial charge is 0.329 e. The SMILES string of the molecule is N#Cc1ncc(-c2ccc3c(c2)CC(=O)N3)[nH]1. The van der Waals surface area contributed by atoms with Gasteiger partial charge < -0.3 is 10.3 Å². The molecule has 2 aromatic rings. The lowest BCUT2D eigenvalue weighted by Gasteiger charge is -2.01. The molecule has 2 heterocycles. The van der Waals surface area contributed by atoms with Gasteiger partial charge in [0, 0.05) is 11.3 Å². The minimum atomic E-state index is 0.0134. The Hall–Kier alpha value is -2.61. The molecule has 0 fully saturated rings. The maximum Gasteiger partial charge on any atom is 0.228 e. The number of fused-ring (bicyclic) bond motifs is 1. The van der Waals surface area contributed by atoms with Gasteiger partial charge in [0.15, 0.2) is 0 Å². The van der Waals surface area contributed by atoms with Crippen LogP contribution in [0.15, 0.2) is 24.4 Å². The Labute approximate surface area is 97.1 Å². The molecule has 0 saturated heterocycles. The summed E-state index contributed by atoms with van der Waals surface area (Å²) in [7, 11) is 0. The van der Waals surface area contributed by atoms with Crippen molar-refractivity contribution < 1.29 is 4.79 Å². The monoisotopic (exact) mass is 224 g/mol. The lowest BCUT2D eigenvalue weighted by atomic mass is 10.1. The number of H-pyrrole nitrogens is 1. The van der Waals surface area contributed by atoms with E-state index in [9.17, 15) is 4.79 Å². The van der Waals surface area contributed by atoms with Gasteiger partial charge in [0.25, 0.3) is 0 Å². The minimum absolute atomic E-state index is 0.0134. The summed E-state index contributed by atoms with van der Waals surface area (Å²) in [5, 5.41) is 11.5. The second-order valence-corrected chi connectivity index (χ2v) is 3.85. The van der Waals surface area contributed by atoms with E-state index in [2.05, 4.69) is 15.3 Å². The summed E-state index contributed by atoms with van der Waals surface area (Å²) in [6.45, 7) is 0. The van der Waals surface area contributed by atoms with E-state index in [0.29, 0.717) is 6.42 Å². The van der Waals surface area contributed by atoms with Crippen LogP contribution in [0.2, 0.25) is 0 Å². The van der Waals surface area contributed by atoms with Gasteiger partial charge in [-0.3, -0.25) is 4.79 Å². The normalized spacial score (nSPS) is 13.0. The van der Waals surface area contributed by atoms with Gasteiger partial charge in [-0.25, -0.2) is 4.98 Å². The topological polar surface area (TPSA) is 81.6 Å². The maximum absolute atomic E-state index is 11.2. The van der Waals surface area contributed by atoms with Gasteiger partial charge >= 0.3 is 0 Å². The van der Waals surface area contributed by atoms with Gasteiger partial charge in [-0.2, -0.15) is 5.26 Å². The number of aromatic nitrogens is 2. The van der Waals surface area contributed by atoms with Gasteiger partial charge in [-0.15, -0.1) is 0 Å². The molecular weight excluding hydrogens is 216 g/mol. The fraction of sp³-hybridized carbons (Fsp3) is 0.0833. The van der Waals surface area contributed by atoms with Crippen molar-refractivity contribution in [1.82, 2.24) is 9.97 Å². The highest BCUT2D eigenvalue weighted by Gasteiger charge is 2.18. The van der Waals surface area contributed by atoms with Gasteiger partial charge in [0.2, 0.25) is 11.7 Å². The van der Waals surface area contributed by atoms with Crippen LogP contribution < -0.4 is 5.32 Å². The molecule has 2 N–H and O–H groups in total. The molecule has 0 unspecified atom stereocenters. The van der Waals surface area contributed by atoms with E-state index in [1.54, 1.807) is 6.20 Å². The Morgan fingerprint density at radius 2 is 2.29 bits per heavy atom. The molecule has 1 aliphatic heterocycles. The summed E-state index contributed by atoms with van der Waals surface area (Å²) in [5.74, 6) is 0.300. The van der Waals surface area contributed by atoms with Crippen molar-refractivity contribution in [3.05, 3.63) is 35.8 Å². The Balaban J connectivity index is 2.03. The third-order valence-corrected chi connectivity index (χ3v) is 2.72. The van der Waals surface area contributed by atoms with Crippen LogP contribution in [0.5, 0.6) is 0 Å². The van der Waals surface area contributed by atoms with E-state index in [1.165, 1.54) is 0 Å². The minimum Gasteiger partial charge on any atom is -0.329 e. The quantitative estimate of drug-likeness (QED) is 0.769. The zero-order valence-corrected chi connectivity index (χ0v) is 8.82. The molecule has 0 saturated carbocycles. The van der Waals surface area contributed by atoms with Crippen LogP contribution in [0.1, 0.15) is 11.4 Å². The number of carbonyl (C=O) groups is 1. The second-order valence-electron chi connectivity index (χ2n) is 3.85. The lowest BCUT2D eigenvalue weighted by Crippen LogP contribution is -2.03. The highest BCUT2D eigenvalue weighted by molar-refractivity contribution is 5.99. The molecule has 1 amide bonds. The average Bonchev–Trinajstić information content (AvgIpc) is 2.92. The van der Waals surface area contributed by atoms with E-state index in [-0.39, 0.29) is 11.7 Å². The number of nitrogens with zero attached hydrogens (tertiary/aromatic N) is 2. The number of nitriles is 1. The second kappa shape index (κ2) is 3.46. The zero-order chi connectivity index (χ0) is 11.8. The summed E-state index contributed by atoms with van der Waals surface area (Å²) in [6, 6.07) is 7.63. The lowest BCUT2D eigenvalue weighted by molar-refractivity contribution is -0.115. The molecule has 1 aliphatic rings. The van der Waals surface area contributed by atoms with E-state index in [4.69, 9.17) is 5.26 Å². The number of imidazole rings is 1. The van der Waals surface area contributed by atoms with Crippen LogP contribution in [0, 0.1) is 11.3 Å². The average molecular weight is 224 g/mol. The van der Waals surface area contributed by atoms with Crippen molar-refractivity contribution in [3.8, 4) is 17.3 Å². The molecule has 0 aliphatic carbocycles.